The molecule has 0 unspecified atom stereocenters. The van der Waals surface area contributed by atoms with Gasteiger partial charge in [0.1, 0.15) is 5.69 Å². The first kappa shape index (κ1) is 11.6. The summed E-state index contributed by atoms with van der Waals surface area (Å²) in [5, 5.41) is 2.75. The normalized spacial score (nSPS) is 9.94. The average Bonchev–Trinajstić information content (AvgIpc) is 2.29. The van der Waals surface area contributed by atoms with Crippen LogP contribution in [0, 0.1) is 0 Å². The molecule has 2 aromatic rings. The summed E-state index contributed by atoms with van der Waals surface area (Å²) >= 11 is 3.33. The van der Waals surface area contributed by atoms with E-state index in [9.17, 15) is 4.79 Å². The highest BCUT2D eigenvalue weighted by atomic mass is 79.9. The summed E-state index contributed by atoms with van der Waals surface area (Å²) in [4.78, 5) is 15.8. The van der Waals surface area contributed by atoms with Crippen LogP contribution < -0.4 is 11.1 Å². The molecule has 1 aromatic carbocycles. The molecule has 1 aromatic heterocycles. The summed E-state index contributed by atoms with van der Waals surface area (Å²) in [6, 6.07) is 10.6. The lowest BCUT2D eigenvalue weighted by atomic mass is 10.3. The van der Waals surface area contributed by atoms with Crippen molar-refractivity contribution in [2.75, 3.05) is 11.1 Å². The molecule has 0 aliphatic carbocycles. The van der Waals surface area contributed by atoms with Gasteiger partial charge in [0.2, 0.25) is 0 Å². The molecule has 3 N–H and O–H groups in total. The van der Waals surface area contributed by atoms with Crippen molar-refractivity contribution >= 4 is 33.2 Å². The summed E-state index contributed by atoms with van der Waals surface area (Å²) in [5.41, 5.74) is 7.07. The minimum Gasteiger partial charge on any atom is -0.397 e. The molecule has 1 heterocycles. The highest BCUT2D eigenvalue weighted by Gasteiger charge is 2.07. The fourth-order valence-electron chi connectivity index (χ4n) is 1.30. The van der Waals surface area contributed by atoms with Crippen LogP contribution >= 0.6 is 15.9 Å². The van der Waals surface area contributed by atoms with E-state index in [1.165, 1.54) is 6.20 Å². The van der Waals surface area contributed by atoms with Crippen molar-refractivity contribution in [3.63, 3.8) is 0 Å². The maximum absolute atomic E-state index is 11.8. The Hall–Kier alpha value is -1.88. The smallest absolute Gasteiger partial charge is 0.274 e. The van der Waals surface area contributed by atoms with Gasteiger partial charge in [0.05, 0.1) is 11.9 Å². The molecule has 0 saturated heterocycles. The maximum atomic E-state index is 11.8. The van der Waals surface area contributed by atoms with Gasteiger partial charge in [-0.25, -0.2) is 4.98 Å². The van der Waals surface area contributed by atoms with E-state index in [1.54, 1.807) is 18.2 Å². The van der Waals surface area contributed by atoms with Crippen molar-refractivity contribution < 1.29 is 4.79 Å². The largest absolute Gasteiger partial charge is 0.397 e. The van der Waals surface area contributed by atoms with Gasteiger partial charge in [0.15, 0.2) is 0 Å². The monoisotopic (exact) mass is 291 g/mol. The van der Waals surface area contributed by atoms with Gasteiger partial charge in [-0.1, -0.05) is 22.0 Å². The Labute approximate surface area is 107 Å². The Morgan fingerprint density at radius 3 is 2.76 bits per heavy atom. The van der Waals surface area contributed by atoms with Gasteiger partial charge in [-0.2, -0.15) is 0 Å². The number of rotatable bonds is 2. The second-order valence-corrected chi connectivity index (χ2v) is 4.36. The van der Waals surface area contributed by atoms with Crippen LogP contribution in [0.25, 0.3) is 0 Å². The standard InChI is InChI=1S/C12H10BrN3O/c13-8-2-1-3-10(6-8)16-12(17)11-5-4-9(14)7-15-11/h1-7H,14H2,(H,16,17). The van der Waals surface area contributed by atoms with Crippen LogP contribution in [0.2, 0.25) is 0 Å². The predicted octanol–water partition coefficient (Wildman–Crippen LogP) is 2.68. The lowest BCUT2D eigenvalue weighted by molar-refractivity contribution is 0.102. The number of nitrogens with two attached hydrogens (primary N) is 1. The number of nitrogen functional groups attached to an aromatic ring is 1. The van der Waals surface area contributed by atoms with E-state index in [0.29, 0.717) is 17.1 Å². The zero-order valence-electron chi connectivity index (χ0n) is 8.85. The molecule has 0 fully saturated rings. The molecule has 2 rings (SSSR count). The lowest BCUT2D eigenvalue weighted by Crippen LogP contribution is -2.13. The van der Waals surface area contributed by atoms with Gasteiger partial charge in [0.25, 0.3) is 5.91 Å². The van der Waals surface area contributed by atoms with Crippen molar-refractivity contribution in [1.29, 1.82) is 0 Å². The zero-order valence-corrected chi connectivity index (χ0v) is 10.4. The number of aromatic nitrogens is 1. The Morgan fingerprint density at radius 2 is 2.12 bits per heavy atom. The molecule has 0 radical (unpaired) electrons. The van der Waals surface area contributed by atoms with Gasteiger partial charge >= 0.3 is 0 Å². The third-order valence-corrected chi connectivity index (χ3v) is 2.59. The van der Waals surface area contributed by atoms with Crippen molar-refractivity contribution in [3.8, 4) is 0 Å². The molecule has 1 amide bonds. The highest BCUT2D eigenvalue weighted by molar-refractivity contribution is 9.10. The number of hydrogen-bond acceptors (Lipinski definition) is 3. The maximum Gasteiger partial charge on any atom is 0.274 e. The molecule has 17 heavy (non-hydrogen) atoms. The minimum atomic E-state index is -0.261. The van der Waals surface area contributed by atoms with E-state index < -0.39 is 0 Å². The van der Waals surface area contributed by atoms with Crippen molar-refractivity contribution in [1.82, 2.24) is 4.98 Å². The zero-order chi connectivity index (χ0) is 12.3. The van der Waals surface area contributed by atoms with Crippen LogP contribution in [-0.2, 0) is 0 Å². The summed E-state index contributed by atoms with van der Waals surface area (Å²) < 4.78 is 0.903. The number of carbonyl (C=O) groups is 1. The number of nitrogens with zero attached hydrogens (tertiary/aromatic N) is 1. The summed E-state index contributed by atoms with van der Waals surface area (Å²) in [5.74, 6) is -0.261. The molecular formula is C12H10BrN3O. The third-order valence-electron chi connectivity index (χ3n) is 2.10. The molecule has 0 spiro atoms. The van der Waals surface area contributed by atoms with E-state index in [2.05, 4.69) is 26.2 Å². The van der Waals surface area contributed by atoms with E-state index in [-0.39, 0.29) is 5.91 Å². The van der Waals surface area contributed by atoms with Gasteiger partial charge < -0.3 is 11.1 Å². The van der Waals surface area contributed by atoms with Gasteiger partial charge in [-0.15, -0.1) is 0 Å². The number of halogens is 1. The Bertz CT molecular complexity index is 540. The fraction of sp³-hybridized carbons (Fsp3) is 0. The minimum absolute atomic E-state index is 0.261. The van der Waals surface area contributed by atoms with Crippen LogP contribution in [-0.4, -0.2) is 10.9 Å². The van der Waals surface area contributed by atoms with E-state index in [1.807, 2.05) is 18.2 Å². The summed E-state index contributed by atoms with van der Waals surface area (Å²) in [6.45, 7) is 0. The molecular weight excluding hydrogens is 282 g/mol. The van der Waals surface area contributed by atoms with E-state index >= 15 is 0 Å². The van der Waals surface area contributed by atoms with Crippen molar-refractivity contribution in [2.45, 2.75) is 0 Å². The second kappa shape index (κ2) is 4.97. The van der Waals surface area contributed by atoms with Gasteiger partial charge in [-0.3, -0.25) is 4.79 Å². The highest BCUT2D eigenvalue weighted by Crippen LogP contribution is 2.16. The van der Waals surface area contributed by atoms with Crippen LogP contribution in [0.4, 0.5) is 11.4 Å². The number of pyridine rings is 1. The predicted molar refractivity (Wildman–Crippen MR) is 70.7 cm³/mol. The number of benzene rings is 1. The Kier molecular flexibility index (Phi) is 3.39. The fourth-order valence-corrected chi connectivity index (χ4v) is 1.70. The van der Waals surface area contributed by atoms with Gasteiger partial charge in [0, 0.05) is 10.2 Å². The molecule has 5 heteroatoms. The number of nitrogens with one attached hydrogen (secondary N) is 1. The SMILES string of the molecule is Nc1ccc(C(=O)Nc2cccc(Br)c2)nc1. The number of carbonyl (C=O) groups excluding carboxylic acids is 1. The molecule has 0 bridgehead atoms. The average molecular weight is 292 g/mol. The third kappa shape index (κ3) is 3.04. The van der Waals surface area contributed by atoms with Gasteiger partial charge in [-0.05, 0) is 30.3 Å². The van der Waals surface area contributed by atoms with Crippen LogP contribution in [0.5, 0.6) is 0 Å². The van der Waals surface area contributed by atoms with Crippen molar-refractivity contribution in [2.24, 2.45) is 0 Å². The summed E-state index contributed by atoms with van der Waals surface area (Å²) in [6.07, 6.45) is 1.45. The topological polar surface area (TPSA) is 68.0 Å². The van der Waals surface area contributed by atoms with Crippen LogP contribution in [0.1, 0.15) is 10.5 Å². The lowest BCUT2D eigenvalue weighted by Gasteiger charge is -2.05. The van der Waals surface area contributed by atoms with Crippen LogP contribution in [0.3, 0.4) is 0 Å². The number of amides is 1. The number of anilines is 2. The first-order chi connectivity index (χ1) is 8.15. The molecule has 86 valence electrons. The first-order valence-corrected chi connectivity index (χ1v) is 5.73. The molecule has 0 aliphatic rings. The Morgan fingerprint density at radius 1 is 1.29 bits per heavy atom. The van der Waals surface area contributed by atoms with E-state index in [4.69, 9.17) is 5.73 Å². The molecule has 0 saturated carbocycles. The van der Waals surface area contributed by atoms with Crippen LogP contribution in [0.15, 0.2) is 47.1 Å². The first-order valence-electron chi connectivity index (χ1n) is 4.93. The molecule has 4 nitrogen and oxygen atoms in total. The quantitative estimate of drug-likeness (QED) is 0.894. The molecule has 0 atom stereocenters. The van der Waals surface area contributed by atoms with E-state index in [0.717, 1.165) is 4.47 Å². The second-order valence-electron chi connectivity index (χ2n) is 3.44. The number of hydrogen-bond donors (Lipinski definition) is 2. The van der Waals surface area contributed by atoms with Crippen molar-refractivity contribution in [3.05, 3.63) is 52.8 Å². The Balaban J connectivity index is 2.14. The molecule has 0 aliphatic heterocycles. The summed E-state index contributed by atoms with van der Waals surface area (Å²) in [7, 11) is 0.